The van der Waals surface area contributed by atoms with Crippen molar-refractivity contribution in [3.63, 3.8) is 0 Å². The third-order valence-corrected chi connectivity index (χ3v) is 1.97. The first kappa shape index (κ1) is 9.95. The molecule has 0 saturated carbocycles. The molecule has 0 bridgehead atoms. The fourth-order valence-corrected chi connectivity index (χ4v) is 1.17. The molecule has 0 radical (unpaired) electrons. The normalized spacial score (nSPS) is 14.6. The van der Waals surface area contributed by atoms with E-state index in [-0.39, 0.29) is 5.56 Å². The fourth-order valence-electron chi connectivity index (χ4n) is 1.17. The lowest BCUT2D eigenvalue weighted by atomic mass is 10.1. The zero-order valence-corrected chi connectivity index (χ0v) is 7.12. The van der Waals surface area contributed by atoms with E-state index >= 15 is 0 Å². The van der Waals surface area contributed by atoms with Crippen LogP contribution in [-0.4, -0.2) is 0 Å². The van der Waals surface area contributed by atoms with E-state index in [9.17, 15) is 22.0 Å². The molecule has 0 spiro atoms. The average molecular weight is 221 g/mol. The quantitative estimate of drug-likeness (QED) is 0.723. The fraction of sp³-hybridized carbons (Fsp3) is 0.111. The van der Waals surface area contributed by atoms with Crippen molar-refractivity contribution in [3.8, 4) is 0 Å². The Labute approximate surface area is 81.2 Å². The van der Waals surface area contributed by atoms with Crippen LogP contribution in [0.1, 0.15) is 11.1 Å². The van der Waals surface area contributed by atoms with Crippen molar-refractivity contribution in [3.05, 3.63) is 41.1 Å². The first-order valence-corrected chi connectivity index (χ1v) is 3.93. The predicted molar refractivity (Wildman–Crippen MR) is 42.5 cm³/mol. The third-order valence-electron chi connectivity index (χ3n) is 1.97. The van der Waals surface area contributed by atoms with Crippen LogP contribution in [0.4, 0.5) is 22.0 Å². The number of rotatable bonds is 1. The lowest BCUT2D eigenvalue weighted by Crippen LogP contribution is -2.10. The van der Waals surface area contributed by atoms with Gasteiger partial charge in [0.05, 0.1) is 11.3 Å². The Kier molecular flexibility index (Phi) is 1.95. The van der Waals surface area contributed by atoms with E-state index in [1.807, 2.05) is 0 Å². The summed E-state index contributed by atoms with van der Waals surface area (Å²) in [6.07, 6.45) is -3.51. The zero-order valence-electron chi connectivity index (χ0n) is 7.12. The largest absolute Gasteiger partial charge is 0.419 e. The van der Waals surface area contributed by atoms with Crippen molar-refractivity contribution in [2.45, 2.75) is 6.18 Å². The maximum Gasteiger partial charge on any atom is 0.419 e. The molecule has 0 aromatic heterocycles. The summed E-state index contributed by atoms with van der Waals surface area (Å²) in [6, 6.07) is 1.42. The number of alkyl halides is 3. The van der Waals surface area contributed by atoms with Gasteiger partial charge in [-0.15, -0.1) is 0 Å². The average Bonchev–Trinajstić information content (AvgIpc) is 2.90. The molecular weight excluding hydrogens is 217 g/mol. The number of hydrogen-bond acceptors (Lipinski definition) is 1. The highest BCUT2D eigenvalue weighted by Crippen LogP contribution is 2.34. The number of halogens is 5. The molecule has 1 nitrogen and oxygen atoms in total. The summed E-state index contributed by atoms with van der Waals surface area (Å²) in [5, 5.41) is 2.48. The molecule has 0 saturated heterocycles. The lowest BCUT2D eigenvalue weighted by Gasteiger charge is -2.09. The molecule has 0 unspecified atom stereocenters. The molecule has 0 fully saturated rings. The molecule has 1 aromatic carbocycles. The van der Waals surface area contributed by atoms with Gasteiger partial charge >= 0.3 is 6.18 Å². The third kappa shape index (κ3) is 1.67. The molecule has 6 heteroatoms. The van der Waals surface area contributed by atoms with Gasteiger partial charge in [-0.3, -0.25) is 0 Å². The van der Waals surface area contributed by atoms with Gasteiger partial charge in [-0.25, -0.2) is 8.78 Å². The van der Waals surface area contributed by atoms with Crippen LogP contribution in [0.15, 0.2) is 18.3 Å². The summed E-state index contributed by atoms with van der Waals surface area (Å²) in [7, 11) is 0. The van der Waals surface area contributed by atoms with Crippen molar-refractivity contribution in [2.24, 2.45) is 0 Å². The van der Waals surface area contributed by atoms with Crippen molar-refractivity contribution in [1.82, 2.24) is 5.32 Å². The van der Waals surface area contributed by atoms with Crippen LogP contribution in [0.5, 0.6) is 0 Å². The van der Waals surface area contributed by atoms with Crippen LogP contribution in [0, 0.1) is 11.6 Å². The Morgan fingerprint density at radius 2 is 1.60 bits per heavy atom. The van der Waals surface area contributed by atoms with Crippen LogP contribution >= 0.6 is 0 Å². The first-order chi connectivity index (χ1) is 6.91. The second kappa shape index (κ2) is 2.95. The number of benzene rings is 1. The standard InChI is InChI=1S/C9H4F5N/c10-7-4(6-3-15-6)1-2-5(8(7)11)9(12,13)14/h1-3,15H. The van der Waals surface area contributed by atoms with Gasteiger partial charge in [0.2, 0.25) is 0 Å². The minimum Gasteiger partial charge on any atom is -0.358 e. The number of hydrogen-bond donors (Lipinski definition) is 1. The Morgan fingerprint density at radius 1 is 1.00 bits per heavy atom. The van der Waals surface area contributed by atoms with Crippen molar-refractivity contribution >= 4 is 5.70 Å². The molecule has 0 atom stereocenters. The highest BCUT2D eigenvalue weighted by atomic mass is 19.4. The van der Waals surface area contributed by atoms with Crippen molar-refractivity contribution in [1.29, 1.82) is 0 Å². The van der Waals surface area contributed by atoms with Crippen LogP contribution in [0.3, 0.4) is 0 Å². The maximum absolute atomic E-state index is 13.1. The summed E-state index contributed by atoms with van der Waals surface area (Å²) in [5.74, 6) is -3.35. The monoisotopic (exact) mass is 221 g/mol. The highest BCUT2D eigenvalue weighted by Gasteiger charge is 2.36. The van der Waals surface area contributed by atoms with E-state index in [1.165, 1.54) is 6.20 Å². The van der Waals surface area contributed by atoms with E-state index in [2.05, 4.69) is 5.32 Å². The summed E-state index contributed by atoms with van der Waals surface area (Å²) in [6.45, 7) is 0. The molecule has 2 rings (SSSR count). The van der Waals surface area contributed by atoms with E-state index in [1.54, 1.807) is 0 Å². The van der Waals surface area contributed by atoms with E-state index < -0.39 is 23.4 Å². The summed E-state index contributed by atoms with van der Waals surface area (Å²) >= 11 is 0. The van der Waals surface area contributed by atoms with Gasteiger partial charge in [-0.2, -0.15) is 13.2 Å². The van der Waals surface area contributed by atoms with Crippen LogP contribution in [0.25, 0.3) is 5.70 Å². The Hall–Kier alpha value is -1.59. The van der Waals surface area contributed by atoms with Gasteiger partial charge in [0.15, 0.2) is 11.6 Å². The molecule has 1 heterocycles. The van der Waals surface area contributed by atoms with E-state index in [0.29, 0.717) is 11.8 Å². The molecule has 1 N–H and O–H groups in total. The molecule has 1 aliphatic rings. The molecule has 0 amide bonds. The summed E-state index contributed by atoms with van der Waals surface area (Å²) in [5.41, 5.74) is -1.49. The van der Waals surface area contributed by atoms with Crippen LogP contribution in [0.2, 0.25) is 0 Å². The number of nitrogens with one attached hydrogen (secondary N) is 1. The van der Waals surface area contributed by atoms with Crippen molar-refractivity contribution < 1.29 is 22.0 Å². The second-order valence-corrected chi connectivity index (χ2v) is 2.99. The lowest BCUT2D eigenvalue weighted by molar-refractivity contribution is -0.140. The smallest absolute Gasteiger partial charge is 0.358 e. The van der Waals surface area contributed by atoms with Crippen LogP contribution in [-0.2, 0) is 6.18 Å². The Balaban J connectivity index is 2.54. The van der Waals surface area contributed by atoms with Gasteiger partial charge in [0.1, 0.15) is 0 Å². The van der Waals surface area contributed by atoms with Gasteiger partial charge < -0.3 is 5.32 Å². The Bertz CT molecular complexity index is 447. The molecule has 0 aliphatic carbocycles. The second-order valence-electron chi connectivity index (χ2n) is 2.99. The first-order valence-electron chi connectivity index (χ1n) is 3.93. The predicted octanol–water partition coefficient (Wildman–Crippen LogP) is 2.89. The summed E-state index contributed by atoms with van der Waals surface area (Å²) < 4.78 is 62.5. The molecule has 80 valence electrons. The molecular formula is C9H4F5N. The van der Waals surface area contributed by atoms with Gasteiger partial charge in [-0.1, -0.05) is 0 Å². The summed E-state index contributed by atoms with van der Waals surface area (Å²) in [4.78, 5) is 0. The van der Waals surface area contributed by atoms with Gasteiger partial charge in [0, 0.05) is 11.8 Å². The Morgan fingerprint density at radius 3 is 2.07 bits per heavy atom. The molecule has 1 aliphatic heterocycles. The highest BCUT2D eigenvalue weighted by molar-refractivity contribution is 5.74. The van der Waals surface area contributed by atoms with Crippen molar-refractivity contribution in [2.75, 3.05) is 0 Å². The minimum atomic E-state index is -4.88. The molecule has 15 heavy (non-hydrogen) atoms. The zero-order chi connectivity index (χ0) is 11.2. The maximum atomic E-state index is 13.1. The van der Waals surface area contributed by atoms with Crippen LogP contribution < -0.4 is 5.32 Å². The van der Waals surface area contributed by atoms with E-state index in [4.69, 9.17) is 0 Å². The SMILES string of the molecule is Fc1c(C2=CN2)ccc(C(F)(F)F)c1F. The van der Waals surface area contributed by atoms with Gasteiger partial charge in [-0.05, 0) is 12.1 Å². The molecule has 1 aromatic rings. The van der Waals surface area contributed by atoms with Gasteiger partial charge in [0.25, 0.3) is 0 Å². The minimum absolute atomic E-state index is 0.194. The topological polar surface area (TPSA) is 21.9 Å². The van der Waals surface area contributed by atoms with E-state index in [0.717, 1.165) is 6.07 Å².